The second-order valence-corrected chi connectivity index (χ2v) is 3.05. The zero-order chi connectivity index (χ0) is 6.85. The second kappa shape index (κ2) is 2.64. The van der Waals surface area contributed by atoms with Gasteiger partial charge >= 0.3 is 66.9 Å². The molecular weight excluding hydrogens is 198 g/mol. The predicted octanol–water partition coefficient (Wildman–Crippen LogP) is 0.839. The Hall–Kier alpha value is -0.132. The molecule has 0 aliphatic rings. The molecule has 2 radical (unpaired) electrons. The van der Waals surface area contributed by atoms with Gasteiger partial charge in [-0.15, -0.1) is 0 Å². The first-order chi connectivity index (χ1) is 4.20. The van der Waals surface area contributed by atoms with Crippen molar-refractivity contribution >= 4 is 32.8 Å². The minimum absolute atomic E-state index is 0.204. The molecule has 0 bridgehead atoms. The molecule has 0 unspecified atom stereocenters. The van der Waals surface area contributed by atoms with Crippen molar-refractivity contribution in [2.75, 3.05) is 0 Å². The third-order valence-corrected chi connectivity index (χ3v) is 2.35. The molecule has 1 nitrogen and oxygen atoms in total. The van der Waals surface area contributed by atoms with E-state index in [9.17, 15) is 0 Å². The van der Waals surface area contributed by atoms with Crippen molar-refractivity contribution in [2.45, 2.75) is 0 Å². The summed E-state index contributed by atoms with van der Waals surface area (Å²) in [6.45, 7) is 0. The SMILES string of the molecule is Oc1ccc([As])c(Cl)c1. The molecule has 1 rings (SSSR count). The van der Waals surface area contributed by atoms with Crippen LogP contribution in [0.3, 0.4) is 0 Å². The van der Waals surface area contributed by atoms with Gasteiger partial charge in [0.2, 0.25) is 0 Å². The van der Waals surface area contributed by atoms with Gasteiger partial charge in [-0.3, -0.25) is 0 Å². The van der Waals surface area contributed by atoms with Gasteiger partial charge in [-0.25, -0.2) is 0 Å². The maximum absolute atomic E-state index is 8.85. The van der Waals surface area contributed by atoms with E-state index in [1.165, 1.54) is 6.07 Å². The van der Waals surface area contributed by atoms with E-state index in [1.807, 2.05) is 0 Å². The Labute approximate surface area is 67.1 Å². The Kier molecular flexibility index (Phi) is 2.04. The number of rotatable bonds is 0. The van der Waals surface area contributed by atoms with E-state index in [0.29, 0.717) is 5.02 Å². The number of benzene rings is 1. The minimum atomic E-state index is 0.204. The Bertz CT molecular complexity index is 224. The van der Waals surface area contributed by atoms with E-state index in [4.69, 9.17) is 16.7 Å². The predicted molar refractivity (Wildman–Crippen MR) is 38.5 cm³/mol. The molecule has 0 amide bonds. The van der Waals surface area contributed by atoms with Gasteiger partial charge in [-0.05, 0) is 0 Å². The average molecular weight is 202 g/mol. The van der Waals surface area contributed by atoms with Crippen LogP contribution in [0.25, 0.3) is 0 Å². The Morgan fingerprint density at radius 2 is 2.11 bits per heavy atom. The summed E-state index contributed by atoms with van der Waals surface area (Å²) in [5, 5.41) is 9.42. The van der Waals surface area contributed by atoms with Crippen molar-refractivity contribution in [1.82, 2.24) is 0 Å². The molecule has 1 aromatic carbocycles. The molecule has 46 valence electrons. The van der Waals surface area contributed by atoms with Crippen LogP contribution in [0.15, 0.2) is 18.2 Å². The van der Waals surface area contributed by atoms with Crippen molar-refractivity contribution in [3.05, 3.63) is 23.2 Å². The molecule has 1 aromatic rings. The summed E-state index contributed by atoms with van der Waals surface area (Å²) < 4.78 is 0.918. The fourth-order valence-electron chi connectivity index (χ4n) is 0.496. The molecule has 0 aliphatic heterocycles. The van der Waals surface area contributed by atoms with Crippen molar-refractivity contribution in [3.63, 3.8) is 0 Å². The first-order valence-electron chi connectivity index (χ1n) is 2.37. The zero-order valence-corrected chi connectivity index (χ0v) is 7.14. The number of phenols is 1. The first kappa shape index (κ1) is 6.98. The normalized spacial score (nSPS) is 9.56. The number of hydrogen-bond acceptors (Lipinski definition) is 1. The van der Waals surface area contributed by atoms with E-state index in [1.54, 1.807) is 12.1 Å². The molecule has 9 heavy (non-hydrogen) atoms. The van der Waals surface area contributed by atoms with Gasteiger partial charge < -0.3 is 0 Å². The summed E-state index contributed by atoms with van der Waals surface area (Å²) in [6, 6.07) is 4.85. The van der Waals surface area contributed by atoms with E-state index < -0.39 is 0 Å². The van der Waals surface area contributed by atoms with Crippen LogP contribution >= 0.6 is 11.6 Å². The van der Waals surface area contributed by atoms with Gasteiger partial charge in [0.1, 0.15) is 0 Å². The second-order valence-electron chi connectivity index (χ2n) is 1.64. The Morgan fingerprint density at radius 1 is 1.44 bits per heavy atom. The van der Waals surface area contributed by atoms with Crippen LogP contribution in [0.1, 0.15) is 0 Å². The first-order valence-corrected chi connectivity index (χ1v) is 3.69. The van der Waals surface area contributed by atoms with Gasteiger partial charge in [0, 0.05) is 0 Å². The Balaban J connectivity index is 3.17. The number of halogens is 1. The van der Waals surface area contributed by atoms with E-state index in [-0.39, 0.29) is 5.75 Å². The van der Waals surface area contributed by atoms with Gasteiger partial charge in [0.25, 0.3) is 0 Å². The quantitative estimate of drug-likeness (QED) is 0.618. The topological polar surface area (TPSA) is 20.2 Å². The third-order valence-electron chi connectivity index (χ3n) is 0.931. The molecule has 1 N–H and O–H groups in total. The van der Waals surface area contributed by atoms with Gasteiger partial charge in [-0.1, -0.05) is 0 Å². The van der Waals surface area contributed by atoms with Crippen LogP contribution in [0, 0.1) is 0 Å². The standard InChI is InChI=1S/C6H4AsClO/c7-5-2-1-4(9)3-6(5)8/h1-3,9H. The molecule has 0 aromatic heterocycles. The van der Waals surface area contributed by atoms with Crippen molar-refractivity contribution in [2.24, 2.45) is 0 Å². The summed E-state index contributed by atoms with van der Waals surface area (Å²) in [7, 11) is 0. The molecule has 3 heteroatoms. The molecule has 0 heterocycles. The summed E-state index contributed by atoms with van der Waals surface area (Å²) in [6.07, 6.45) is 0. The molecule has 0 fully saturated rings. The van der Waals surface area contributed by atoms with Crippen LogP contribution < -0.4 is 4.35 Å². The van der Waals surface area contributed by atoms with Gasteiger partial charge in [0.15, 0.2) is 0 Å². The molecule has 0 aliphatic carbocycles. The maximum atomic E-state index is 8.85. The van der Waals surface area contributed by atoms with Gasteiger partial charge in [0.05, 0.1) is 0 Å². The molecular formula is C6H4AsClO. The molecule has 0 spiro atoms. The average Bonchev–Trinajstić information content (AvgIpc) is 1.80. The number of aromatic hydroxyl groups is 1. The fourth-order valence-corrected chi connectivity index (χ4v) is 0.962. The van der Waals surface area contributed by atoms with Gasteiger partial charge in [-0.2, -0.15) is 0 Å². The van der Waals surface area contributed by atoms with E-state index in [0.717, 1.165) is 4.35 Å². The summed E-state index contributed by atoms with van der Waals surface area (Å²) in [5.41, 5.74) is 0. The summed E-state index contributed by atoms with van der Waals surface area (Å²) in [5.74, 6) is 0.204. The number of hydrogen-bond donors (Lipinski definition) is 1. The summed E-state index contributed by atoms with van der Waals surface area (Å²) in [4.78, 5) is 0. The number of phenolic OH excluding ortho intramolecular Hbond substituents is 1. The van der Waals surface area contributed by atoms with Crippen LogP contribution in [0.5, 0.6) is 5.75 Å². The summed E-state index contributed by atoms with van der Waals surface area (Å²) >= 11 is 7.96. The molecule has 0 atom stereocenters. The van der Waals surface area contributed by atoms with Crippen LogP contribution in [0.4, 0.5) is 0 Å². The molecule has 0 saturated carbocycles. The van der Waals surface area contributed by atoms with Crippen LogP contribution in [-0.4, -0.2) is 22.0 Å². The van der Waals surface area contributed by atoms with Crippen LogP contribution in [-0.2, 0) is 0 Å². The van der Waals surface area contributed by atoms with Crippen LogP contribution in [0.2, 0.25) is 5.02 Å². The monoisotopic (exact) mass is 202 g/mol. The molecule has 0 saturated heterocycles. The van der Waals surface area contributed by atoms with Crippen molar-refractivity contribution < 1.29 is 5.11 Å². The van der Waals surface area contributed by atoms with Crippen molar-refractivity contribution in [3.8, 4) is 5.75 Å². The van der Waals surface area contributed by atoms with Crippen molar-refractivity contribution in [1.29, 1.82) is 0 Å². The zero-order valence-electron chi connectivity index (χ0n) is 4.50. The fraction of sp³-hybridized carbons (Fsp3) is 0. The van der Waals surface area contributed by atoms with E-state index in [2.05, 4.69) is 16.9 Å². The Morgan fingerprint density at radius 3 is 2.56 bits per heavy atom. The van der Waals surface area contributed by atoms with E-state index >= 15 is 0 Å². The third kappa shape index (κ3) is 1.64.